The average Bonchev–Trinajstić information content (AvgIpc) is 2.65. The molecule has 1 fully saturated rings. The Hall–Kier alpha value is -1.28. The zero-order valence-corrected chi connectivity index (χ0v) is 10.5. The van der Waals surface area contributed by atoms with Crippen LogP contribution < -0.4 is 10.1 Å². The third-order valence-corrected chi connectivity index (χ3v) is 3.25. The van der Waals surface area contributed by atoms with E-state index in [9.17, 15) is 0 Å². The van der Waals surface area contributed by atoms with Crippen molar-refractivity contribution in [3.8, 4) is 5.75 Å². The molecule has 0 spiro atoms. The Bertz CT molecular complexity index is 365. The minimum absolute atomic E-state index is 0.516. The molecule has 2 heteroatoms. The van der Waals surface area contributed by atoms with Gasteiger partial charge in [-0.1, -0.05) is 43.2 Å². The Balaban J connectivity index is 2.03. The van der Waals surface area contributed by atoms with Gasteiger partial charge in [-0.05, 0) is 25.5 Å². The highest BCUT2D eigenvalue weighted by molar-refractivity contribution is 5.57. The fourth-order valence-corrected chi connectivity index (χ4v) is 2.24. The van der Waals surface area contributed by atoms with Crippen molar-refractivity contribution in [1.29, 1.82) is 0 Å². The molecule has 1 N–H and O–H groups in total. The quantitative estimate of drug-likeness (QED) is 0.862. The molecule has 0 radical (unpaired) electrons. The number of nitrogens with one attached hydrogen (secondary N) is 1. The number of ether oxygens (including phenoxy) is 1. The Kier molecular flexibility index (Phi) is 4.63. The van der Waals surface area contributed by atoms with Gasteiger partial charge < -0.3 is 10.1 Å². The summed E-state index contributed by atoms with van der Waals surface area (Å²) in [6.07, 6.45) is 9.66. The molecular weight excluding hydrogens is 210 g/mol. The minimum Gasteiger partial charge on any atom is -0.496 e. The van der Waals surface area contributed by atoms with Crippen molar-refractivity contribution in [1.82, 2.24) is 5.32 Å². The highest BCUT2D eigenvalue weighted by Gasteiger charge is 2.07. The summed E-state index contributed by atoms with van der Waals surface area (Å²) in [4.78, 5) is 0. The van der Waals surface area contributed by atoms with E-state index in [0.717, 1.165) is 17.9 Å². The van der Waals surface area contributed by atoms with Crippen molar-refractivity contribution >= 4 is 6.08 Å². The van der Waals surface area contributed by atoms with Gasteiger partial charge in [0.25, 0.3) is 0 Å². The van der Waals surface area contributed by atoms with E-state index in [2.05, 4.69) is 23.5 Å². The van der Waals surface area contributed by atoms with Crippen LogP contribution in [0, 0.1) is 0 Å². The van der Waals surface area contributed by atoms with Crippen LogP contribution >= 0.6 is 0 Å². The van der Waals surface area contributed by atoms with Crippen LogP contribution in [-0.2, 0) is 0 Å². The molecule has 0 bridgehead atoms. The number of methoxy groups -OCH3 is 1. The molecule has 17 heavy (non-hydrogen) atoms. The second-order valence-corrected chi connectivity index (χ2v) is 4.51. The fraction of sp³-hybridized carbons (Fsp3) is 0.467. The van der Waals surface area contributed by atoms with E-state index in [4.69, 9.17) is 4.74 Å². The van der Waals surface area contributed by atoms with Crippen LogP contribution in [0.5, 0.6) is 5.75 Å². The lowest BCUT2D eigenvalue weighted by molar-refractivity contribution is 0.414. The number of para-hydroxylation sites is 1. The van der Waals surface area contributed by atoms with Gasteiger partial charge in [-0.2, -0.15) is 0 Å². The van der Waals surface area contributed by atoms with E-state index in [1.54, 1.807) is 7.11 Å². The summed E-state index contributed by atoms with van der Waals surface area (Å²) in [5.74, 6) is 0.942. The summed E-state index contributed by atoms with van der Waals surface area (Å²) in [6.45, 7) is 1.14. The van der Waals surface area contributed by atoms with Gasteiger partial charge in [0.1, 0.15) is 5.75 Å². The van der Waals surface area contributed by atoms with E-state index in [0.29, 0.717) is 6.04 Å². The molecule has 0 aliphatic carbocycles. The average molecular weight is 231 g/mol. The Labute approximate surface area is 104 Å². The SMILES string of the molecule is COc1ccccc1/C=C/C1CCCCCN1. The van der Waals surface area contributed by atoms with Gasteiger partial charge >= 0.3 is 0 Å². The van der Waals surface area contributed by atoms with Crippen LogP contribution in [0.2, 0.25) is 0 Å². The van der Waals surface area contributed by atoms with E-state index >= 15 is 0 Å². The molecule has 2 nitrogen and oxygen atoms in total. The molecule has 0 saturated carbocycles. The lowest BCUT2D eigenvalue weighted by atomic mass is 10.1. The van der Waals surface area contributed by atoms with Crippen molar-refractivity contribution < 1.29 is 4.74 Å². The maximum atomic E-state index is 5.34. The molecule has 1 atom stereocenters. The molecule has 1 heterocycles. The predicted octanol–water partition coefficient (Wildman–Crippen LogP) is 3.24. The largest absolute Gasteiger partial charge is 0.496 e. The fourth-order valence-electron chi connectivity index (χ4n) is 2.24. The van der Waals surface area contributed by atoms with Crippen molar-refractivity contribution in [2.45, 2.75) is 31.7 Å². The summed E-state index contributed by atoms with van der Waals surface area (Å²) < 4.78 is 5.34. The molecule has 2 rings (SSSR count). The van der Waals surface area contributed by atoms with Gasteiger partial charge in [0, 0.05) is 11.6 Å². The zero-order chi connectivity index (χ0) is 11.9. The predicted molar refractivity (Wildman–Crippen MR) is 72.3 cm³/mol. The first-order valence-corrected chi connectivity index (χ1v) is 6.45. The van der Waals surface area contributed by atoms with Crippen molar-refractivity contribution in [3.63, 3.8) is 0 Å². The Morgan fingerprint density at radius 2 is 2.12 bits per heavy atom. The molecule has 0 aromatic heterocycles. The zero-order valence-electron chi connectivity index (χ0n) is 10.5. The molecule has 1 aromatic rings. The van der Waals surface area contributed by atoms with Gasteiger partial charge in [0.2, 0.25) is 0 Å². The van der Waals surface area contributed by atoms with Crippen LogP contribution in [0.4, 0.5) is 0 Å². The highest BCUT2D eigenvalue weighted by Crippen LogP contribution is 2.19. The second-order valence-electron chi connectivity index (χ2n) is 4.51. The van der Waals surface area contributed by atoms with Gasteiger partial charge in [0.05, 0.1) is 7.11 Å². The van der Waals surface area contributed by atoms with Gasteiger partial charge in [0.15, 0.2) is 0 Å². The van der Waals surface area contributed by atoms with Crippen molar-refractivity contribution in [3.05, 3.63) is 35.9 Å². The lowest BCUT2D eigenvalue weighted by Gasteiger charge is -2.10. The summed E-state index contributed by atoms with van der Waals surface area (Å²) >= 11 is 0. The normalized spacial score (nSPS) is 21.4. The Morgan fingerprint density at radius 1 is 1.24 bits per heavy atom. The molecule has 1 aliphatic heterocycles. The summed E-state index contributed by atoms with van der Waals surface area (Å²) in [7, 11) is 1.72. The number of rotatable bonds is 3. The smallest absolute Gasteiger partial charge is 0.126 e. The van der Waals surface area contributed by atoms with E-state index in [1.807, 2.05) is 18.2 Å². The topological polar surface area (TPSA) is 21.3 Å². The van der Waals surface area contributed by atoms with Crippen LogP contribution in [0.1, 0.15) is 31.2 Å². The standard InChI is InChI=1S/C15H21NO/c1-17-15-9-5-4-7-13(15)10-11-14-8-3-2-6-12-16-14/h4-5,7,9-11,14,16H,2-3,6,8,12H2,1H3/b11-10+. The summed E-state index contributed by atoms with van der Waals surface area (Å²) in [5, 5.41) is 3.56. The Morgan fingerprint density at radius 3 is 3.00 bits per heavy atom. The molecule has 1 aliphatic rings. The van der Waals surface area contributed by atoms with Gasteiger partial charge in [-0.25, -0.2) is 0 Å². The van der Waals surface area contributed by atoms with Crippen LogP contribution in [0.3, 0.4) is 0 Å². The van der Waals surface area contributed by atoms with Crippen LogP contribution in [-0.4, -0.2) is 19.7 Å². The first-order valence-electron chi connectivity index (χ1n) is 6.45. The van der Waals surface area contributed by atoms with Gasteiger partial charge in [-0.3, -0.25) is 0 Å². The number of hydrogen-bond acceptors (Lipinski definition) is 2. The first kappa shape index (κ1) is 12.2. The molecule has 1 unspecified atom stereocenters. The van der Waals surface area contributed by atoms with Crippen molar-refractivity contribution in [2.24, 2.45) is 0 Å². The third kappa shape index (κ3) is 3.60. The highest BCUT2D eigenvalue weighted by atomic mass is 16.5. The molecule has 1 aromatic carbocycles. The molecule has 92 valence electrons. The van der Waals surface area contributed by atoms with E-state index in [-0.39, 0.29) is 0 Å². The molecule has 0 amide bonds. The summed E-state index contributed by atoms with van der Waals surface area (Å²) in [5.41, 5.74) is 1.15. The van der Waals surface area contributed by atoms with Gasteiger partial charge in [-0.15, -0.1) is 0 Å². The number of benzene rings is 1. The monoisotopic (exact) mass is 231 g/mol. The number of hydrogen-bond donors (Lipinski definition) is 1. The van der Waals surface area contributed by atoms with E-state index < -0.39 is 0 Å². The minimum atomic E-state index is 0.516. The van der Waals surface area contributed by atoms with Crippen molar-refractivity contribution in [2.75, 3.05) is 13.7 Å². The van der Waals surface area contributed by atoms with Crippen LogP contribution in [0.15, 0.2) is 30.3 Å². The maximum Gasteiger partial charge on any atom is 0.126 e. The summed E-state index contributed by atoms with van der Waals surface area (Å²) in [6, 6.07) is 8.65. The second kappa shape index (κ2) is 6.45. The molecular formula is C15H21NO. The molecule has 1 saturated heterocycles. The van der Waals surface area contributed by atoms with Crippen LogP contribution in [0.25, 0.3) is 6.08 Å². The third-order valence-electron chi connectivity index (χ3n) is 3.25. The lowest BCUT2D eigenvalue weighted by Crippen LogP contribution is -2.25. The first-order chi connectivity index (χ1) is 8.40. The maximum absolute atomic E-state index is 5.34. The van der Waals surface area contributed by atoms with E-state index in [1.165, 1.54) is 25.7 Å².